The number of amides is 3. The third-order valence-corrected chi connectivity index (χ3v) is 5.35. The fourth-order valence-electron chi connectivity index (χ4n) is 3.25. The highest BCUT2D eigenvalue weighted by molar-refractivity contribution is 5.94. The first-order chi connectivity index (χ1) is 17.5. The molecule has 2 rings (SSSR count). The summed E-state index contributed by atoms with van der Waals surface area (Å²) in [4.78, 5) is 49.6. The van der Waals surface area contributed by atoms with Crippen LogP contribution in [0.25, 0.3) is 0 Å². The molecule has 0 spiro atoms. The summed E-state index contributed by atoms with van der Waals surface area (Å²) < 4.78 is 0. The van der Waals surface area contributed by atoms with Crippen LogP contribution in [0.2, 0.25) is 0 Å². The molecule has 0 aliphatic rings. The van der Waals surface area contributed by atoms with E-state index < -0.39 is 61.1 Å². The lowest BCUT2D eigenvalue weighted by Gasteiger charge is -2.24. The summed E-state index contributed by atoms with van der Waals surface area (Å²) in [6.45, 7) is -1.54. The van der Waals surface area contributed by atoms with Gasteiger partial charge in [-0.3, -0.25) is 14.4 Å². The molecule has 2 aromatic carbocycles. The number of carboxylic acid groups (broad SMARTS) is 1. The molecule has 0 aromatic heterocycles. The molecule has 200 valence electrons. The topological polar surface area (TPSA) is 232 Å². The molecule has 0 bridgehead atoms. The van der Waals surface area contributed by atoms with E-state index in [0.717, 1.165) is 0 Å². The number of aromatic hydroxyl groups is 2. The Labute approximate surface area is 211 Å². The zero-order chi connectivity index (χ0) is 27.5. The number of benzene rings is 2. The summed E-state index contributed by atoms with van der Waals surface area (Å²) in [5.41, 5.74) is 6.44. The van der Waals surface area contributed by atoms with Crippen molar-refractivity contribution in [3.05, 3.63) is 59.7 Å². The Kier molecular flexibility index (Phi) is 10.8. The minimum Gasteiger partial charge on any atom is -0.508 e. The van der Waals surface area contributed by atoms with E-state index in [1.165, 1.54) is 48.5 Å². The number of rotatable bonds is 13. The van der Waals surface area contributed by atoms with Crippen molar-refractivity contribution in [2.24, 2.45) is 5.73 Å². The molecule has 13 heteroatoms. The zero-order valence-electron chi connectivity index (χ0n) is 19.7. The van der Waals surface area contributed by atoms with Crippen molar-refractivity contribution in [3.8, 4) is 11.5 Å². The van der Waals surface area contributed by atoms with Gasteiger partial charge in [0.1, 0.15) is 35.7 Å². The molecule has 4 unspecified atom stereocenters. The van der Waals surface area contributed by atoms with Gasteiger partial charge in [0.2, 0.25) is 17.7 Å². The van der Waals surface area contributed by atoms with Crippen molar-refractivity contribution < 1.29 is 44.7 Å². The van der Waals surface area contributed by atoms with Crippen LogP contribution < -0.4 is 21.7 Å². The van der Waals surface area contributed by atoms with E-state index in [4.69, 9.17) is 10.8 Å². The van der Waals surface area contributed by atoms with E-state index >= 15 is 0 Å². The molecule has 0 aliphatic carbocycles. The minimum absolute atomic E-state index is 0.0122. The molecule has 0 saturated carbocycles. The zero-order valence-corrected chi connectivity index (χ0v) is 19.7. The van der Waals surface area contributed by atoms with Crippen LogP contribution in [0.3, 0.4) is 0 Å². The number of carboxylic acids is 1. The Bertz CT molecular complexity index is 1080. The fraction of sp³-hybridized carbons (Fsp3) is 0.333. The number of hydrogen-bond donors (Lipinski definition) is 9. The summed E-state index contributed by atoms with van der Waals surface area (Å²) in [5, 5.41) is 54.1. The number of nitrogens with one attached hydrogen (secondary N) is 3. The highest BCUT2D eigenvalue weighted by atomic mass is 16.4. The normalized spacial score (nSPS) is 14.0. The Morgan fingerprint density at radius 3 is 1.49 bits per heavy atom. The third-order valence-electron chi connectivity index (χ3n) is 5.35. The molecule has 0 saturated heterocycles. The smallest absolute Gasteiger partial charge is 0.326 e. The lowest BCUT2D eigenvalue weighted by Crippen LogP contribution is -2.59. The van der Waals surface area contributed by atoms with Gasteiger partial charge in [0.25, 0.3) is 0 Å². The average molecular weight is 519 g/mol. The Hall–Kier alpha value is -4.20. The average Bonchev–Trinajstić information content (AvgIpc) is 2.87. The summed E-state index contributed by atoms with van der Waals surface area (Å²) in [7, 11) is 0. The van der Waals surface area contributed by atoms with Gasteiger partial charge in [0.15, 0.2) is 0 Å². The van der Waals surface area contributed by atoms with Crippen LogP contribution in [0.1, 0.15) is 11.1 Å². The van der Waals surface area contributed by atoms with E-state index in [1.807, 2.05) is 0 Å². The van der Waals surface area contributed by atoms with Gasteiger partial charge < -0.3 is 47.2 Å². The second-order valence-electron chi connectivity index (χ2n) is 8.23. The largest absolute Gasteiger partial charge is 0.508 e. The van der Waals surface area contributed by atoms with Gasteiger partial charge in [-0.1, -0.05) is 24.3 Å². The van der Waals surface area contributed by atoms with E-state index in [0.29, 0.717) is 11.1 Å². The molecule has 3 amide bonds. The van der Waals surface area contributed by atoms with Crippen LogP contribution in [0, 0.1) is 0 Å². The lowest BCUT2D eigenvalue weighted by molar-refractivity contribution is -0.142. The Balaban J connectivity index is 2.22. The third kappa shape index (κ3) is 9.07. The Morgan fingerprint density at radius 1 is 0.649 bits per heavy atom. The monoisotopic (exact) mass is 518 g/mol. The summed E-state index contributed by atoms with van der Waals surface area (Å²) in [6, 6.07) is 5.90. The van der Waals surface area contributed by atoms with Crippen molar-refractivity contribution in [2.45, 2.75) is 37.0 Å². The number of aliphatic hydroxyl groups excluding tert-OH is 2. The van der Waals surface area contributed by atoms with E-state index in [2.05, 4.69) is 16.0 Å². The minimum atomic E-state index is -1.51. The number of phenols is 2. The number of carbonyl (C=O) groups is 4. The van der Waals surface area contributed by atoms with Gasteiger partial charge in [-0.05, 0) is 35.4 Å². The van der Waals surface area contributed by atoms with E-state index in [9.17, 15) is 39.6 Å². The molecule has 37 heavy (non-hydrogen) atoms. The SMILES string of the molecule is NC(CO)C(=O)NC(CO)C(=O)NC(Cc1ccc(O)cc1)C(=O)NC(Cc1ccc(O)cc1)C(=O)O. The summed E-state index contributed by atoms with van der Waals surface area (Å²) in [5.74, 6) is -4.10. The number of hydrogen-bond acceptors (Lipinski definition) is 9. The number of phenolic OH excluding ortho intramolecular Hbond substituents is 2. The molecule has 2 aromatic rings. The molecular formula is C24H30N4O9. The molecule has 0 aliphatic heterocycles. The standard InChI is InChI=1S/C24H30N4O9/c25-17(11-29)21(33)28-20(12-30)23(35)26-18(9-13-1-5-15(31)6-2-13)22(34)27-19(24(36)37)10-14-3-7-16(32)8-4-14/h1-8,17-20,29-32H,9-12,25H2,(H,26,35)(H,27,34)(H,28,33)(H,36,37). The van der Waals surface area contributed by atoms with Crippen LogP contribution in [0.15, 0.2) is 48.5 Å². The van der Waals surface area contributed by atoms with E-state index in [-0.39, 0.29) is 24.3 Å². The van der Waals surface area contributed by atoms with Gasteiger partial charge in [-0.2, -0.15) is 0 Å². The maximum atomic E-state index is 13.1. The number of aliphatic hydroxyl groups is 2. The van der Waals surface area contributed by atoms with Crippen molar-refractivity contribution in [1.82, 2.24) is 16.0 Å². The highest BCUT2D eigenvalue weighted by Gasteiger charge is 2.30. The Morgan fingerprint density at radius 2 is 1.05 bits per heavy atom. The first kappa shape index (κ1) is 29.0. The molecule has 0 radical (unpaired) electrons. The predicted octanol–water partition coefficient (Wildman–Crippen LogP) is -2.27. The molecule has 0 fully saturated rings. The maximum absolute atomic E-state index is 13.1. The molecule has 0 heterocycles. The molecular weight excluding hydrogens is 488 g/mol. The van der Waals surface area contributed by atoms with Crippen LogP contribution >= 0.6 is 0 Å². The van der Waals surface area contributed by atoms with Crippen molar-refractivity contribution in [3.63, 3.8) is 0 Å². The summed E-state index contributed by atoms with van der Waals surface area (Å²) >= 11 is 0. The van der Waals surface area contributed by atoms with Gasteiger partial charge in [-0.15, -0.1) is 0 Å². The van der Waals surface area contributed by atoms with Gasteiger partial charge in [-0.25, -0.2) is 4.79 Å². The fourth-order valence-corrected chi connectivity index (χ4v) is 3.25. The predicted molar refractivity (Wildman–Crippen MR) is 129 cm³/mol. The quantitative estimate of drug-likeness (QED) is 0.138. The van der Waals surface area contributed by atoms with Gasteiger partial charge in [0, 0.05) is 12.8 Å². The first-order valence-electron chi connectivity index (χ1n) is 11.2. The van der Waals surface area contributed by atoms with Crippen LogP contribution in [0.4, 0.5) is 0 Å². The van der Waals surface area contributed by atoms with Crippen LogP contribution in [-0.2, 0) is 32.0 Å². The van der Waals surface area contributed by atoms with Crippen molar-refractivity contribution in [1.29, 1.82) is 0 Å². The second kappa shape index (κ2) is 13.8. The second-order valence-corrected chi connectivity index (χ2v) is 8.23. The van der Waals surface area contributed by atoms with E-state index in [1.54, 1.807) is 0 Å². The van der Waals surface area contributed by atoms with Crippen LogP contribution in [-0.4, -0.2) is 86.6 Å². The maximum Gasteiger partial charge on any atom is 0.326 e. The highest BCUT2D eigenvalue weighted by Crippen LogP contribution is 2.13. The van der Waals surface area contributed by atoms with Crippen LogP contribution in [0.5, 0.6) is 11.5 Å². The molecule has 10 N–H and O–H groups in total. The van der Waals surface area contributed by atoms with Crippen molar-refractivity contribution in [2.75, 3.05) is 13.2 Å². The first-order valence-corrected chi connectivity index (χ1v) is 11.2. The van der Waals surface area contributed by atoms with Crippen molar-refractivity contribution >= 4 is 23.7 Å². The molecule has 4 atom stereocenters. The number of aliphatic carboxylic acids is 1. The van der Waals surface area contributed by atoms with Gasteiger partial charge >= 0.3 is 5.97 Å². The summed E-state index contributed by atoms with van der Waals surface area (Å²) in [6.07, 6.45) is -0.235. The lowest BCUT2D eigenvalue weighted by atomic mass is 10.0. The van der Waals surface area contributed by atoms with Gasteiger partial charge in [0.05, 0.1) is 13.2 Å². The number of nitrogens with two attached hydrogens (primary N) is 1. The molecule has 13 nitrogen and oxygen atoms in total. The number of carbonyl (C=O) groups excluding carboxylic acids is 3.